The van der Waals surface area contributed by atoms with E-state index in [1.165, 1.54) is 0 Å². The highest BCUT2D eigenvalue weighted by atomic mass is 35.5. The van der Waals surface area contributed by atoms with E-state index in [-0.39, 0.29) is 24.4 Å². The molecule has 0 unspecified atom stereocenters. The summed E-state index contributed by atoms with van der Waals surface area (Å²) in [4.78, 5) is 12.7. The highest BCUT2D eigenvalue weighted by molar-refractivity contribution is 5.87. The molecular formula is C17H25ClN2O3. The molecule has 128 valence electrons. The fourth-order valence-electron chi connectivity index (χ4n) is 2.90. The van der Waals surface area contributed by atoms with Crippen LogP contribution in [0.3, 0.4) is 0 Å². The average Bonchev–Trinajstić information content (AvgIpc) is 2.55. The lowest BCUT2D eigenvalue weighted by molar-refractivity contribution is -0.126. The lowest BCUT2D eigenvalue weighted by atomic mass is 9.83. The lowest BCUT2D eigenvalue weighted by Gasteiger charge is -2.30. The molecule has 1 atom stereocenters. The van der Waals surface area contributed by atoms with Gasteiger partial charge in [-0.2, -0.15) is 0 Å². The zero-order chi connectivity index (χ0) is 15.6. The molecule has 2 aliphatic heterocycles. The van der Waals surface area contributed by atoms with Crippen LogP contribution in [0.5, 0.6) is 11.5 Å². The van der Waals surface area contributed by atoms with Gasteiger partial charge in [-0.05, 0) is 50.9 Å². The van der Waals surface area contributed by atoms with Crippen molar-refractivity contribution in [1.29, 1.82) is 0 Å². The van der Waals surface area contributed by atoms with Gasteiger partial charge in [0.05, 0.1) is 5.41 Å². The van der Waals surface area contributed by atoms with Gasteiger partial charge in [0.1, 0.15) is 13.2 Å². The van der Waals surface area contributed by atoms with Crippen molar-refractivity contribution >= 4 is 18.3 Å². The van der Waals surface area contributed by atoms with E-state index < -0.39 is 5.41 Å². The van der Waals surface area contributed by atoms with Gasteiger partial charge < -0.3 is 20.1 Å². The zero-order valence-corrected chi connectivity index (χ0v) is 14.5. The monoisotopic (exact) mass is 340 g/mol. The molecule has 0 saturated carbocycles. The number of benzene rings is 1. The highest BCUT2D eigenvalue weighted by Gasteiger charge is 2.32. The van der Waals surface area contributed by atoms with Crippen LogP contribution in [0.4, 0.5) is 0 Å². The zero-order valence-electron chi connectivity index (χ0n) is 13.7. The number of ether oxygens (including phenoxy) is 2. The van der Waals surface area contributed by atoms with E-state index in [1.807, 2.05) is 32.0 Å². The third kappa shape index (κ3) is 3.90. The fraction of sp³-hybridized carbons (Fsp3) is 0.588. The van der Waals surface area contributed by atoms with Crippen molar-refractivity contribution in [3.8, 4) is 11.5 Å². The first kappa shape index (κ1) is 17.9. The van der Waals surface area contributed by atoms with Gasteiger partial charge in [-0.3, -0.25) is 4.79 Å². The number of piperidine rings is 1. The van der Waals surface area contributed by atoms with Crippen LogP contribution in [0.15, 0.2) is 18.2 Å². The molecule has 1 aromatic rings. The Hall–Kier alpha value is -1.46. The van der Waals surface area contributed by atoms with Crippen LogP contribution in [0, 0.1) is 0 Å². The first-order valence-corrected chi connectivity index (χ1v) is 7.99. The summed E-state index contributed by atoms with van der Waals surface area (Å²) in [6.07, 6.45) is 2.14. The summed E-state index contributed by atoms with van der Waals surface area (Å²) in [7, 11) is 0. The summed E-state index contributed by atoms with van der Waals surface area (Å²) < 4.78 is 11.2. The van der Waals surface area contributed by atoms with Crippen molar-refractivity contribution in [2.24, 2.45) is 0 Å². The van der Waals surface area contributed by atoms with Gasteiger partial charge in [0.2, 0.25) is 5.91 Å². The number of fused-ring (bicyclic) bond motifs is 1. The highest BCUT2D eigenvalue weighted by Crippen LogP contribution is 2.35. The molecule has 0 aliphatic carbocycles. The molecule has 0 spiro atoms. The molecule has 5 nitrogen and oxygen atoms in total. The van der Waals surface area contributed by atoms with Crippen molar-refractivity contribution in [2.45, 2.75) is 38.1 Å². The second-order valence-electron chi connectivity index (χ2n) is 6.50. The van der Waals surface area contributed by atoms with Crippen LogP contribution in [-0.4, -0.2) is 38.3 Å². The summed E-state index contributed by atoms with van der Waals surface area (Å²) in [6.45, 7) is 6.91. The molecule has 0 aromatic heterocycles. The van der Waals surface area contributed by atoms with E-state index in [4.69, 9.17) is 9.47 Å². The third-order valence-electron chi connectivity index (χ3n) is 4.46. The molecule has 1 amide bonds. The Labute approximate surface area is 143 Å². The second kappa shape index (κ2) is 7.41. The van der Waals surface area contributed by atoms with Gasteiger partial charge in [0, 0.05) is 12.6 Å². The number of hydrogen-bond acceptors (Lipinski definition) is 4. The predicted molar refractivity (Wildman–Crippen MR) is 91.7 cm³/mol. The Bertz CT molecular complexity index is 557. The molecule has 0 bridgehead atoms. The van der Waals surface area contributed by atoms with Crippen molar-refractivity contribution in [3.63, 3.8) is 0 Å². The van der Waals surface area contributed by atoms with Crippen LogP contribution in [0.25, 0.3) is 0 Å². The summed E-state index contributed by atoms with van der Waals surface area (Å²) in [6, 6.07) is 5.98. The number of amides is 1. The standard InChI is InChI=1S/C17H24N2O3.ClH/c1-17(2,16(20)19-13-4-3-7-18-11-13)12-5-6-14-15(10-12)22-9-8-21-14;/h5-6,10,13,18H,3-4,7-9,11H2,1-2H3,(H,19,20);1H/t13-;/m0./s1. The maximum Gasteiger partial charge on any atom is 0.230 e. The van der Waals surface area contributed by atoms with Crippen LogP contribution in [-0.2, 0) is 10.2 Å². The lowest BCUT2D eigenvalue weighted by Crippen LogP contribution is -2.50. The van der Waals surface area contributed by atoms with Crippen LogP contribution in [0.2, 0.25) is 0 Å². The Morgan fingerprint density at radius 2 is 2.00 bits per heavy atom. The molecule has 2 N–H and O–H groups in total. The Morgan fingerprint density at radius 1 is 1.26 bits per heavy atom. The predicted octanol–water partition coefficient (Wildman–Crippen LogP) is 2.03. The molecule has 2 aliphatic rings. The largest absolute Gasteiger partial charge is 0.486 e. The number of carbonyl (C=O) groups is 1. The van der Waals surface area contributed by atoms with E-state index in [0.717, 1.165) is 43.0 Å². The smallest absolute Gasteiger partial charge is 0.230 e. The minimum Gasteiger partial charge on any atom is -0.486 e. The summed E-state index contributed by atoms with van der Waals surface area (Å²) in [5.74, 6) is 1.53. The van der Waals surface area contributed by atoms with Gasteiger partial charge >= 0.3 is 0 Å². The first-order chi connectivity index (χ1) is 10.6. The molecule has 1 aromatic carbocycles. The minimum absolute atomic E-state index is 0. The minimum atomic E-state index is -0.604. The van der Waals surface area contributed by atoms with Crippen molar-refractivity contribution in [1.82, 2.24) is 10.6 Å². The van der Waals surface area contributed by atoms with Crippen molar-refractivity contribution in [3.05, 3.63) is 23.8 Å². The van der Waals surface area contributed by atoms with Crippen LogP contribution < -0.4 is 20.1 Å². The molecule has 1 saturated heterocycles. The quantitative estimate of drug-likeness (QED) is 0.884. The topological polar surface area (TPSA) is 59.6 Å². The van der Waals surface area contributed by atoms with Crippen LogP contribution >= 0.6 is 12.4 Å². The van der Waals surface area contributed by atoms with E-state index >= 15 is 0 Å². The number of hydrogen-bond donors (Lipinski definition) is 2. The Kier molecular flexibility index (Phi) is 5.76. The van der Waals surface area contributed by atoms with E-state index in [9.17, 15) is 4.79 Å². The van der Waals surface area contributed by atoms with Gasteiger partial charge in [0.15, 0.2) is 11.5 Å². The SMILES string of the molecule is CC(C)(C(=O)N[C@H]1CCCNC1)c1ccc2c(c1)OCCO2.Cl. The van der Waals surface area contributed by atoms with E-state index in [1.54, 1.807) is 0 Å². The summed E-state index contributed by atoms with van der Waals surface area (Å²) in [5, 5.41) is 6.49. The molecule has 3 rings (SSSR count). The number of rotatable bonds is 3. The van der Waals surface area contributed by atoms with Gasteiger partial charge in [-0.1, -0.05) is 6.07 Å². The molecule has 1 fully saturated rings. The first-order valence-electron chi connectivity index (χ1n) is 7.99. The van der Waals surface area contributed by atoms with Crippen molar-refractivity contribution in [2.75, 3.05) is 26.3 Å². The van der Waals surface area contributed by atoms with Gasteiger partial charge in [-0.15, -0.1) is 12.4 Å². The second-order valence-corrected chi connectivity index (χ2v) is 6.50. The molecule has 0 radical (unpaired) electrons. The molecule has 2 heterocycles. The van der Waals surface area contributed by atoms with Gasteiger partial charge in [-0.25, -0.2) is 0 Å². The molecule has 23 heavy (non-hydrogen) atoms. The van der Waals surface area contributed by atoms with E-state index in [2.05, 4.69) is 10.6 Å². The van der Waals surface area contributed by atoms with Crippen LogP contribution in [0.1, 0.15) is 32.3 Å². The fourth-order valence-corrected chi connectivity index (χ4v) is 2.90. The van der Waals surface area contributed by atoms with Gasteiger partial charge in [0.25, 0.3) is 0 Å². The maximum atomic E-state index is 12.7. The summed E-state index contributed by atoms with van der Waals surface area (Å²) >= 11 is 0. The normalized spacial score (nSPS) is 20.3. The third-order valence-corrected chi connectivity index (χ3v) is 4.46. The van der Waals surface area contributed by atoms with Crippen molar-refractivity contribution < 1.29 is 14.3 Å². The maximum absolute atomic E-state index is 12.7. The summed E-state index contributed by atoms with van der Waals surface area (Å²) in [5.41, 5.74) is 0.339. The number of halogens is 1. The number of nitrogens with one attached hydrogen (secondary N) is 2. The average molecular weight is 341 g/mol. The van der Waals surface area contributed by atoms with E-state index in [0.29, 0.717) is 13.2 Å². The Morgan fingerprint density at radius 3 is 2.70 bits per heavy atom. The number of carbonyl (C=O) groups excluding carboxylic acids is 1. The molecule has 6 heteroatoms. The Balaban J connectivity index is 0.00000192. The molecular weight excluding hydrogens is 316 g/mol.